The first kappa shape index (κ1) is 14.6. The highest BCUT2D eigenvalue weighted by molar-refractivity contribution is 6.30. The topological polar surface area (TPSA) is 65.3 Å². The van der Waals surface area contributed by atoms with E-state index in [1.165, 1.54) is 7.11 Å². The lowest BCUT2D eigenvalue weighted by Crippen LogP contribution is -2.27. The van der Waals surface area contributed by atoms with Crippen molar-refractivity contribution >= 4 is 11.6 Å². The average molecular weight is 269 g/mol. The molecule has 0 aromatic heterocycles. The predicted octanol–water partition coefficient (Wildman–Crippen LogP) is 2.69. The zero-order valence-electron chi connectivity index (χ0n) is 10.7. The maximum atomic E-state index is 9.91. The van der Waals surface area contributed by atoms with Gasteiger partial charge in [0.2, 0.25) is 0 Å². The Morgan fingerprint density at radius 2 is 2.17 bits per heavy atom. The molecule has 1 aromatic carbocycles. The lowest BCUT2D eigenvalue weighted by Gasteiger charge is -2.16. The molecule has 0 aliphatic heterocycles. The van der Waals surface area contributed by atoms with Gasteiger partial charge in [-0.2, -0.15) is 5.26 Å². The van der Waals surface area contributed by atoms with Gasteiger partial charge in [-0.1, -0.05) is 11.6 Å². The normalized spacial score (nSPS) is 11.1. The molecule has 1 rings (SSSR count). The Kier molecular flexibility index (Phi) is 4.83. The fourth-order valence-corrected chi connectivity index (χ4v) is 1.70. The first-order valence-electron chi connectivity index (χ1n) is 5.57. The third-order valence-corrected chi connectivity index (χ3v) is 2.74. The smallest absolute Gasteiger partial charge is 0.162 e. The van der Waals surface area contributed by atoms with E-state index < -0.39 is 5.41 Å². The number of aromatic hydroxyl groups is 1. The Hall–Kier alpha value is -1.44. The minimum absolute atomic E-state index is 0.0733. The number of rotatable bonds is 5. The molecule has 5 heteroatoms. The summed E-state index contributed by atoms with van der Waals surface area (Å²) in [5.41, 5.74) is 0.200. The molecule has 2 N–H and O–H groups in total. The van der Waals surface area contributed by atoms with Crippen LogP contribution in [0.3, 0.4) is 0 Å². The van der Waals surface area contributed by atoms with Crippen molar-refractivity contribution in [1.82, 2.24) is 5.32 Å². The quantitative estimate of drug-likeness (QED) is 0.862. The second kappa shape index (κ2) is 5.94. The van der Waals surface area contributed by atoms with Crippen LogP contribution in [0.4, 0.5) is 0 Å². The second-order valence-electron chi connectivity index (χ2n) is 4.72. The summed E-state index contributed by atoms with van der Waals surface area (Å²) in [6.45, 7) is 4.64. The molecule has 1 aromatic rings. The van der Waals surface area contributed by atoms with Crippen LogP contribution < -0.4 is 10.1 Å². The number of methoxy groups -OCH3 is 1. The lowest BCUT2D eigenvalue weighted by molar-refractivity contribution is 0.368. The molecule has 0 saturated heterocycles. The third-order valence-electron chi connectivity index (χ3n) is 2.52. The number of benzene rings is 1. The van der Waals surface area contributed by atoms with Crippen molar-refractivity contribution < 1.29 is 9.84 Å². The molecule has 0 spiro atoms. The van der Waals surface area contributed by atoms with Crippen molar-refractivity contribution in [2.24, 2.45) is 5.41 Å². The number of phenols is 1. The molecule has 0 bridgehead atoms. The summed E-state index contributed by atoms with van der Waals surface area (Å²) in [6.07, 6.45) is 0. The van der Waals surface area contributed by atoms with Crippen LogP contribution in [0.5, 0.6) is 11.5 Å². The van der Waals surface area contributed by atoms with E-state index >= 15 is 0 Å². The van der Waals surface area contributed by atoms with E-state index in [4.69, 9.17) is 21.6 Å². The van der Waals surface area contributed by atoms with E-state index in [1.807, 2.05) is 13.8 Å². The van der Waals surface area contributed by atoms with Crippen LogP contribution in [0.2, 0.25) is 5.02 Å². The SMILES string of the molecule is COc1cc(Cl)cc(CNCC(C)(C)C#N)c1O. The van der Waals surface area contributed by atoms with Gasteiger partial charge in [-0.15, -0.1) is 0 Å². The maximum Gasteiger partial charge on any atom is 0.162 e. The molecule has 4 nitrogen and oxygen atoms in total. The highest BCUT2D eigenvalue weighted by Crippen LogP contribution is 2.33. The van der Waals surface area contributed by atoms with Gasteiger partial charge in [0.15, 0.2) is 11.5 Å². The summed E-state index contributed by atoms with van der Waals surface area (Å²) in [4.78, 5) is 0. The van der Waals surface area contributed by atoms with Crippen molar-refractivity contribution in [3.8, 4) is 17.6 Å². The van der Waals surface area contributed by atoms with Crippen LogP contribution in [0.25, 0.3) is 0 Å². The van der Waals surface area contributed by atoms with Gasteiger partial charge in [-0.25, -0.2) is 0 Å². The standard InChI is InChI=1S/C13H17ClN2O2/c1-13(2,7-15)8-16-6-9-4-10(14)5-11(18-3)12(9)17/h4-5,16-17H,6,8H2,1-3H3. The van der Waals surface area contributed by atoms with Gasteiger partial charge >= 0.3 is 0 Å². The molecule has 0 unspecified atom stereocenters. The van der Waals surface area contributed by atoms with Crippen LogP contribution >= 0.6 is 11.6 Å². The summed E-state index contributed by atoms with van der Waals surface area (Å²) in [6, 6.07) is 5.43. The Morgan fingerprint density at radius 1 is 1.50 bits per heavy atom. The summed E-state index contributed by atoms with van der Waals surface area (Å²) >= 11 is 5.93. The Bertz CT molecular complexity index is 467. The summed E-state index contributed by atoms with van der Waals surface area (Å²) in [5.74, 6) is 0.419. The summed E-state index contributed by atoms with van der Waals surface area (Å²) < 4.78 is 5.02. The van der Waals surface area contributed by atoms with E-state index in [1.54, 1.807) is 12.1 Å². The molecule has 0 aliphatic rings. The number of nitriles is 1. The first-order valence-corrected chi connectivity index (χ1v) is 5.95. The average Bonchev–Trinajstić information content (AvgIpc) is 2.33. The van der Waals surface area contributed by atoms with Gasteiger partial charge in [0.25, 0.3) is 0 Å². The third kappa shape index (κ3) is 3.80. The molecule has 98 valence electrons. The van der Waals surface area contributed by atoms with Gasteiger partial charge in [0, 0.05) is 29.7 Å². The van der Waals surface area contributed by atoms with E-state index in [-0.39, 0.29) is 5.75 Å². The van der Waals surface area contributed by atoms with Gasteiger partial charge in [0.1, 0.15) is 0 Å². The maximum absolute atomic E-state index is 9.91. The fraction of sp³-hybridized carbons (Fsp3) is 0.462. The largest absolute Gasteiger partial charge is 0.504 e. The van der Waals surface area contributed by atoms with E-state index in [0.29, 0.717) is 29.4 Å². The van der Waals surface area contributed by atoms with Crippen LogP contribution in [-0.4, -0.2) is 18.8 Å². The predicted molar refractivity (Wildman–Crippen MR) is 70.8 cm³/mol. The molecule has 0 saturated carbocycles. The highest BCUT2D eigenvalue weighted by Gasteiger charge is 2.16. The van der Waals surface area contributed by atoms with Gasteiger partial charge < -0.3 is 15.2 Å². The highest BCUT2D eigenvalue weighted by atomic mass is 35.5. The number of nitrogens with one attached hydrogen (secondary N) is 1. The molecular weight excluding hydrogens is 252 g/mol. The monoisotopic (exact) mass is 268 g/mol. The van der Waals surface area contributed by atoms with Crippen LogP contribution in [0.15, 0.2) is 12.1 Å². The molecule has 0 amide bonds. The van der Waals surface area contributed by atoms with Crippen molar-refractivity contribution in [3.63, 3.8) is 0 Å². The van der Waals surface area contributed by atoms with Crippen LogP contribution in [0, 0.1) is 16.7 Å². The van der Waals surface area contributed by atoms with Gasteiger partial charge in [-0.05, 0) is 19.9 Å². The molecule has 0 heterocycles. The zero-order valence-corrected chi connectivity index (χ0v) is 11.5. The number of ether oxygens (including phenoxy) is 1. The lowest BCUT2D eigenvalue weighted by atomic mass is 9.96. The Balaban J connectivity index is 2.74. The number of hydrogen-bond acceptors (Lipinski definition) is 4. The molecule has 0 aliphatic carbocycles. The van der Waals surface area contributed by atoms with Crippen molar-refractivity contribution in [2.45, 2.75) is 20.4 Å². The van der Waals surface area contributed by atoms with Gasteiger partial charge in [-0.3, -0.25) is 0 Å². The first-order chi connectivity index (χ1) is 8.39. The minimum Gasteiger partial charge on any atom is -0.504 e. The molecule has 0 atom stereocenters. The molecule has 18 heavy (non-hydrogen) atoms. The van der Waals surface area contributed by atoms with Crippen molar-refractivity contribution in [2.75, 3.05) is 13.7 Å². The van der Waals surface area contributed by atoms with E-state index in [9.17, 15) is 5.11 Å². The Labute approximate surface area is 112 Å². The summed E-state index contributed by atoms with van der Waals surface area (Å²) in [5, 5.41) is 22.4. The Morgan fingerprint density at radius 3 is 2.72 bits per heavy atom. The van der Waals surface area contributed by atoms with Crippen molar-refractivity contribution in [3.05, 3.63) is 22.7 Å². The summed E-state index contributed by atoms with van der Waals surface area (Å²) in [7, 11) is 1.47. The number of phenolic OH excluding ortho intramolecular Hbond substituents is 1. The minimum atomic E-state index is -0.446. The molecule has 0 radical (unpaired) electrons. The zero-order chi connectivity index (χ0) is 13.8. The number of halogens is 1. The van der Waals surface area contributed by atoms with Crippen LogP contribution in [-0.2, 0) is 6.54 Å². The molecule has 0 fully saturated rings. The van der Waals surface area contributed by atoms with Crippen molar-refractivity contribution in [1.29, 1.82) is 5.26 Å². The van der Waals surface area contributed by atoms with Gasteiger partial charge in [0.05, 0.1) is 18.6 Å². The second-order valence-corrected chi connectivity index (χ2v) is 5.15. The van der Waals surface area contributed by atoms with E-state index in [0.717, 1.165) is 0 Å². The van der Waals surface area contributed by atoms with Crippen LogP contribution in [0.1, 0.15) is 19.4 Å². The fourth-order valence-electron chi connectivity index (χ4n) is 1.47. The number of nitrogens with zero attached hydrogens (tertiary/aromatic N) is 1. The molecular formula is C13H17ClN2O2. The number of hydrogen-bond donors (Lipinski definition) is 2. The van der Waals surface area contributed by atoms with E-state index in [2.05, 4.69) is 11.4 Å².